The van der Waals surface area contributed by atoms with Crippen LogP contribution < -0.4 is 10.6 Å². The van der Waals surface area contributed by atoms with Crippen LogP contribution in [0.4, 0.5) is 9.18 Å². The Balaban J connectivity index is 1.67. The third kappa shape index (κ3) is 4.20. The largest absolute Gasteiger partial charge is 0.388 e. The summed E-state index contributed by atoms with van der Waals surface area (Å²) in [5.41, 5.74) is -0.162. The van der Waals surface area contributed by atoms with Gasteiger partial charge in [0.2, 0.25) is 0 Å². The molecule has 4 nitrogen and oxygen atoms in total. The Morgan fingerprint density at radius 3 is 2.65 bits per heavy atom. The molecule has 1 saturated carbocycles. The Hall–Kier alpha value is -1.62. The van der Waals surface area contributed by atoms with Gasteiger partial charge in [0.15, 0.2) is 0 Å². The zero-order valence-electron chi connectivity index (χ0n) is 11.5. The lowest BCUT2D eigenvalue weighted by Gasteiger charge is -2.22. The van der Waals surface area contributed by atoms with E-state index in [2.05, 4.69) is 10.6 Å². The Morgan fingerprint density at radius 2 is 1.95 bits per heavy atom. The third-order valence-corrected chi connectivity index (χ3v) is 3.75. The summed E-state index contributed by atoms with van der Waals surface area (Å²) in [5, 5.41) is 15.4. The van der Waals surface area contributed by atoms with E-state index in [9.17, 15) is 14.3 Å². The monoisotopic (exact) mass is 280 g/mol. The van der Waals surface area contributed by atoms with E-state index in [0.29, 0.717) is 18.5 Å². The van der Waals surface area contributed by atoms with Crippen molar-refractivity contribution < 1.29 is 14.3 Å². The fourth-order valence-electron chi connectivity index (χ4n) is 2.53. The van der Waals surface area contributed by atoms with Crippen LogP contribution in [0.1, 0.15) is 31.2 Å². The first-order valence-corrected chi connectivity index (χ1v) is 7.07. The summed E-state index contributed by atoms with van der Waals surface area (Å²) in [6, 6.07) is 6.21. The van der Waals surface area contributed by atoms with Gasteiger partial charge in [0.25, 0.3) is 0 Å². The van der Waals surface area contributed by atoms with E-state index in [0.717, 1.165) is 25.7 Å². The van der Waals surface area contributed by atoms with Crippen LogP contribution >= 0.6 is 0 Å². The fraction of sp³-hybridized carbons (Fsp3) is 0.533. The van der Waals surface area contributed by atoms with Crippen LogP contribution in [0.25, 0.3) is 0 Å². The molecule has 0 unspecified atom stereocenters. The normalized spacial score (nSPS) is 16.9. The number of carbonyl (C=O) groups is 1. The zero-order valence-corrected chi connectivity index (χ0v) is 11.5. The molecule has 5 heteroatoms. The number of urea groups is 1. The summed E-state index contributed by atoms with van der Waals surface area (Å²) < 4.78 is 13.4. The fourth-order valence-corrected chi connectivity index (χ4v) is 2.53. The van der Waals surface area contributed by atoms with E-state index in [1.54, 1.807) is 18.2 Å². The first-order valence-electron chi connectivity index (χ1n) is 7.07. The van der Waals surface area contributed by atoms with Crippen LogP contribution in [0.5, 0.6) is 0 Å². The van der Waals surface area contributed by atoms with Crippen molar-refractivity contribution >= 4 is 6.03 Å². The Kier molecular flexibility index (Phi) is 4.95. The number of carbonyl (C=O) groups excluding carboxylic acids is 1. The maximum absolute atomic E-state index is 13.4. The van der Waals surface area contributed by atoms with Crippen molar-refractivity contribution in [2.45, 2.75) is 37.7 Å². The van der Waals surface area contributed by atoms with Crippen molar-refractivity contribution in [1.29, 1.82) is 0 Å². The van der Waals surface area contributed by atoms with Crippen molar-refractivity contribution in [3.63, 3.8) is 0 Å². The first kappa shape index (κ1) is 14.8. The second-order valence-electron chi connectivity index (χ2n) is 5.38. The van der Waals surface area contributed by atoms with Gasteiger partial charge in [0.05, 0.1) is 5.60 Å². The number of hydrogen-bond donors (Lipinski definition) is 3. The summed E-state index contributed by atoms with van der Waals surface area (Å²) in [5.74, 6) is -0.255. The second kappa shape index (κ2) is 6.70. The lowest BCUT2D eigenvalue weighted by atomic mass is 10.0. The molecule has 1 fully saturated rings. The number of amides is 2. The van der Waals surface area contributed by atoms with Crippen LogP contribution in [-0.2, 0) is 6.42 Å². The topological polar surface area (TPSA) is 61.4 Å². The van der Waals surface area contributed by atoms with E-state index in [1.165, 1.54) is 6.07 Å². The lowest BCUT2D eigenvalue weighted by Crippen LogP contribution is -2.45. The molecule has 0 aromatic heterocycles. The molecule has 2 rings (SSSR count). The predicted molar refractivity (Wildman–Crippen MR) is 74.9 cm³/mol. The standard InChI is InChI=1S/C15H21FN2O2/c16-13-6-2-1-5-12(13)7-10-17-14(19)18-11-15(20)8-3-4-9-15/h1-2,5-6,20H,3-4,7-11H2,(H2,17,18,19). The van der Waals surface area contributed by atoms with Gasteiger partial charge in [-0.05, 0) is 30.9 Å². The molecule has 0 aliphatic heterocycles. The minimum atomic E-state index is -0.747. The molecule has 0 radical (unpaired) electrons. The number of hydrogen-bond acceptors (Lipinski definition) is 2. The van der Waals surface area contributed by atoms with Crippen LogP contribution in [0.3, 0.4) is 0 Å². The van der Waals surface area contributed by atoms with Gasteiger partial charge in [-0.2, -0.15) is 0 Å². The van der Waals surface area contributed by atoms with Gasteiger partial charge < -0.3 is 15.7 Å². The Morgan fingerprint density at radius 1 is 1.25 bits per heavy atom. The summed E-state index contributed by atoms with van der Waals surface area (Å²) in [4.78, 5) is 11.6. The minimum Gasteiger partial charge on any atom is -0.388 e. The van der Waals surface area contributed by atoms with Crippen molar-refractivity contribution in [1.82, 2.24) is 10.6 Å². The molecule has 3 N–H and O–H groups in total. The molecule has 0 atom stereocenters. The van der Waals surface area contributed by atoms with Gasteiger partial charge in [-0.15, -0.1) is 0 Å². The Labute approximate surface area is 118 Å². The molecular weight excluding hydrogens is 259 g/mol. The molecule has 1 aliphatic rings. The highest BCUT2D eigenvalue weighted by Crippen LogP contribution is 2.28. The van der Waals surface area contributed by atoms with E-state index >= 15 is 0 Å². The van der Waals surface area contributed by atoms with Crippen LogP contribution in [0.2, 0.25) is 0 Å². The van der Waals surface area contributed by atoms with Crippen molar-refractivity contribution in [2.24, 2.45) is 0 Å². The molecule has 1 aromatic carbocycles. The van der Waals surface area contributed by atoms with Crippen molar-refractivity contribution in [2.75, 3.05) is 13.1 Å². The van der Waals surface area contributed by atoms with Gasteiger partial charge in [0.1, 0.15) is 5.82 Å². The predicted octanol–water partition coefficient (Wildman–Crippen LogP) is 1.97. The molecule has 2 amide bonds. The average molecular weight is 280 g/mol. The quantitative estimate of drug-likeness (QED) is 0.772. The summed E-state index contributed by atoms with van der Waals surface area (Å²) in [6.07, 6.45) is 3.94. The van der Waals surface area contributed by atoms with Gasteiger partial charge >= 0.3 is 6.03 Å². The van der Waals surface area contributed by atoms with E-state index in [4.69, 9.17) is 0 Å². The summed E-state index contributed by atoms with van der Waals surface area (Å²) >= 11 is 0. The highest BCUT2D eigenvalue weighted by Gasteiger charge is 2.31. The van der Waals surface area contributed by atoms with E-state index < -0.39 is 5.60 Å². The van der Waals surface area contributed by atoms with Crippen molar-refractivity contribution in [3.05, 3.63) is 35.6 Å². The summed E-state index contributed by atoms with van der Waals surface area (Å²) in [6.45, 7) is 0.643. The Bertz CT molecular complexity index is 459. The van der Waals surface area contributed by atoms with Crippen LogP contribution in [-0.4, -0.2) is 29.8 Å². The van der Waals surface area contributed by atoms with Crippen LogP contribution in [0, 0.1) is 5.82 Å². The molecule has 0 bridgehead atoms. The lowest BCUT2D eigenvalue weighted by molar-refractivity contribution is 0.0501. The second-order valence-corrected chi connectivity index (χ2v) is 5.38. The highest BCUT2D eigenvalue weighted by atomic mass is 19.1. The van der Waals surface area contributed by atoms with Gasteiger partial charge in [-0.3, -0.25) is 0 Å². The first-order chi connectivity index (χ1) is 9.59. The maximum atomic E-state index is 13.4. The number of halogens is 1. The van der Waals surface area contributed by atoms with Crippen LogP contribution in [0.15, 0.2) is 24.3 Å². The average Bonchev–Trinajstić information content (AvgIpc) is 2.86. The molecule has 20 heavy (non-hydrogen) atoms. The molecule has 0 saturated heterocycles. The van der Waals surface area contributed by atoms with Gasteiger partial charge in [-0.1, -0.05) is 31.0 Å². The molecule has 0 heterocycles. The van der Waals surface area contributed by atoms with E-state index in [-0.39, 0.29) is 18.4 Å². The number of nitrogens with one attached hydrogen (secondary N) is 2. The number of aliphatic hydroxyl groups is 1. The third-order valence-electron chi connectivity index (χ3n) is 3.75. The molecule has 110 valence electrons. The van der Waals surface area contributed by atoms with E-state index in [1.807, 2.05) is 0 Å². The minimum absolute atomic E-state index is 0.255. The molecule has 1 aliphatic carbocycles. The molecule has 1 aromatic rings. The maximum Gasteiger partial charge on any atom is 0.314 e. The van der Waals surface area contributed by atoms with Crippen molar-refractivity contribution in [3.8, 4) is 0 Å². The summed E-state index contributed by atoms with van der Waals surface area (Å²) in [7, 11) is 0. The SMILES string of the molecule is O=C(NCCc1ccccc1F)NCC1(O)CCCC1. The zero-order chi connectivity index (χ0) is 14.4. The van der Waals surface area contributed by atoms with Gasteiger partial charge in [-0.25, -0.2) is 9.18 Å². The number of rotatable bonds is 5. The van der Waals surface area contributed by atoms with Gasteiger partial charge in [0, 0.05) is 13.1 Å². The molecule has 0 spiro atoms. The molecular formula is C15H21FN2O2. The smallest absolute Gasteiger partial charge is 0.314 e. The number of benzene rings is 1. The highest BCUT2D eigenvalue weighted by molar-refractivity contribution is 5.73.